The minimum Gasteiger partial charge on any atom is -0.382 e. The summed E-state index contributed by atoms with van der Waals surface area (Å²) >= 11 is 0. The highest BCUT2D eigenvalue weighted by Gasteiger charge is 2.18. The second kappa shape index (κ2) is 17.8. The summed E-state index contributed by atoms with van der Waals surface area (Å²) in [5, 5.41) is 6.82. The SMILES string of the molecule is CCOCCCCNC(=NC)NCCCCN1CCC(Cc2ccccc2)CC1.I. The molecule has 1 aromatic rings. The van der Waals surface area contributed by atoms with Gasteiger partial charge in [-0.2, -0.15) is 0 Å². The van der Waals surface area contributed by atoms with E-state index < -0.39 is 0 Å². The van der Waals surface area contributed by atoms with Gasteiger partial charge in [0, 0.05) is 33.4 Å². The van der Waals surface area contributed by atoms with Crippen LogP contribution in [0.5, 0.6) is 0 Å². The molecule has 0 saturated carbocycles. The predicted octanol–water partition coefficient (Wildman–Crippen LogP) is 4.32. The van der Waals surface area contributed by atoms with E-state index >= 15 is 0 Å². The second-order valence-corrected chi connectivity index (χ2v) is 8.01. The zero-order valence-corrected chi connectivity index (χ0v) is 21.4. The molecule has 0 aromatic heterocycles. The van der Waals surface area contributed by atoms with Crippen molar-refractivity contribution in [2.24, 2.45) is 10.9 Å². The molecule has 2 rings (SSSR count). The van der Waals surface area contributed by atoms with E-state index in [1.807, 2.05) is 14.0 Å². The van der Waals surface area contributed by atoms with Crippen LogP contribution in [-0.2, 0) is 11.2 Å². The van der Waals surface area contributed by atoms with Crippen LogP contribution in [0.15, 0.2) is 35.3 Å². The van der Waals surface area contributed by atoms with Gasteiger partial charge in [0.1, 0.15) is 0 Å². The van der Waals surface area contributed by atoms with Gasteiger partial charge in [0.05, 0.1) is 0 Å². The molecule has 1 saturated heterocycles. The van der Waals surface area contributed by atoms with Crippen molar-refractivity contribution in [3.63, 3.8) is 0 Å². The van der Waals surface area contributed by atoms with E-state index in [-0.39, 0.29) is 24.0 Å². The van der Waals surface area contributed by atoms with Crippen LogP contribution < -0.4 is 10.6 Å². The van der Waals surface area contributed by atoms with E-state index in [9.17, 15) is 0 Å². The zero-order chi connectivity index (χ0) is 20.6. The molecule has 2 N–H and O–H groups in total. The van der Waals surface area contributed by atoms with Gasteiger partial charge < -0.3 is 20.3 Å². The smallest absolute Gasteiger partial charge is 0.190 e. The van der Waals surface area contributed by atoms with Gasteiger partial charge in [0.2, 0.25) is 0 Å². The Labute approximate surface area is 201 Å². The molecule has 1 heterocycles. The van der Waals surface area contributed by atoms with Crippen LogP contribution in [0.1, 0.15) is 51.0 Å². The lowest BCUT2D eigenvalue weighted by Crippen LogP contribution is -2.38. The Morgan fingerprint density at radius 3 is 2.33 bits per heavy atom. The Balaban J connectivity index is 0.00000450. The highest BCUT2D eigenvalue weighted by molar-refractivity contribution is 14.0. The zero-order valence-electron chi connectivity index (χ0n) is 19.1. The van der Waals surface area contributed by atoms with E-state index in [1.165, 1.54) is 57.3 Å². The number of nitrogens with one attached hydrogen (secondary N) is 2. The number of hydrogen-bond donors (Lipinski definition) is 2. The molecule has 1 aromatic carbocycles. The van der Waals surface area contributed by atoms with Crippen molar-refractivity contribution in [1.82, 2.24) is 15.5 Å². The lowest BCUT2D eigenvalue weighted by atomic mass is 9.90. The van der Waals surface area contributed by atoms with Gasteiger partial charge in [0.25, 0.3) is 0 Å². The molecule has 0 atom stereocenters. The molecule has 0 radical (unpaired) electrons. The molecule has 1 aliphatic rings. The van der Waals surface area contributed by atoms with Crippen molar-refractivity contribution < 1.29 is 4.74 Å². The van der Waals surface area contributed by atoms with Crippen molar-refractivity contribution in [2.45, 2.75) is 51.9 Å². The van der Waals surface area contributed by atoms with Crippen LogP contribution in [-0.4, -0.2) is 63.8 Å². The molecular formula is C24H43IN4O. The third-order valence-electron chi connectivity index (χ3n) is 5.70. The predicted molar refractivity (Wildman–Crippen MR) is 139 cm³/mol. The van der Waals surface area contributed by atoms with Gasteiger partial charge in [-0.25, -0.2) is 0 Å². The normalized spacial score (nSPS) is 15.6. The number of guanidine groups is 1. The van der Waals surface area contributed by atoms with Gasteiger partial charge in [-0.15, -0.1) is 24.0 Å². The van der Waals surface area contributed by atoms with Gasteiger partial charge >= 0.3 is 0 Å². The van der Waals surface area contributed by atoms with E-state index in [4.69, 9.17) is 4.74 Å². The molecule has 0 aliphatic carbocycles. The van der Waals surface area contributed by atoms with Gasteiger partial charge in [0.15, 0.2) is 5.96 Å². The van der Waals surface area contributed by atoms with Crippen LogP contribution in [0.4, 0.5) is 0 Å². The van der Waals surface area contributed by atoms with E-state index in [0.717, 1.165) is 51.0 Å². The Bertz CT molecular complexity index is 547. The number of rotatable bonds is 13. The standard InChI is InChI=1S/C24H42N4O.HI/c1-3-29-20-10-8-16-27-24(25-2)26-15-7-9-17-28-18-13-23(14-19-28)21-22-11-5-4-6-12-22;/h4-6,11-12,23H,3,7-10,13-21H2,1-2H3,(H2,25,26,27);1H. The average molecular weight is 531 g/mol. The third kappa shape index (κ3) is 12.1. The number of ether oxygens (including phenoxy) is 1. The molecule has 172 valence electrons. The quantitative estimate of drug-likeness (QED) is 0.173. The Hall–Kier alpha value is -0.860. The number of unbranched alkanes of at least 4 members (excludes halogenated alkanes) is 2. The van der Waals surface area contributed by atoms with E-state index in [2.05, 4.69) is 50.9 Å². The lowest BCUT2D eigenvalue weighted by molar-refractivity contribution is 0.143. The average Bonchev–Trinajstić information content (AvgIpc) is 2.76. The van der Waals surface area contributed by atoms with Gasteiger partial charge in [-0.05, 0) is 83.0 Å². The van der Waals surface area contributed by atoms with Crippen LogP contribution in [0.2, 0.25) is 0 Å². The summed E-state index contributed by atoms with van der Waals surface area (Å²) < 4.78 is 5.36. The highest BCUT2D eigenvalue weighted by atomic mass is 127. The highest BCUT2D eigenvalue weighted by Crippen LogP contribution is 2.21. The molecule has 0 spiro atoms. The first-order valence-corrected chi connectivity index (χ1v) is 11.6. The summed E-state index contributed by atoms with van der Waals surface area (Å²) in [6, 6.07) is 11.0. The number of likely N-dealkylation sites (tertiary alicyclic amines) is 1. The van der Waals surface area contributed by atoms with Crippen molar-refractivity contribution in [1.29, 1.82) is 0 Å². The van der Waals surface area contributed by atoms with Crippen LogP contribution >= 0.6 is 24.0 Å². The second-order valence-electron chi connectivity index (χ2n) is 8.01. The Morgan fingerprint density at radius 2 is 1.70 bits per heavy atom. The summed E-state index contributed by atoms with van der Waals surface area (Å²) in [6.45, 7) is 9.39. The minimum atomic E-state index is 0. The maximum atomic E-state index is 5.36. The molecule has 5 nitrogen and oxygen atoms in total. The largest absolute Gasteiger partial charge is 0.382 e. The fraction of sp³-hybridized carbons (Fsp3) is 0.708. The van der Waals surface area contributed by atoms with E-state index in [0.29, 0.717) is 0 Å². The molecule has 0 bridgehead atoms. The van der Waals surface area contributed by atoms with Crippen LogP contribution in [0.3, 0.4) is 0 Å². The van der Waals surface area contributed by atoms with Crippen molar-refractivity contribution in [3.05, 3.63) is 35.9 Å². The molecule has 1 aliphatic heterocycles. The monoisotopic (exact) mass is 530 g/mol. The first-order chi connectivity index (χ1) is 14.3. The van der Waals surface area contributed by atoms with Crippen LogP contribution in [0.25, 0.3) is 0 Å². The summed E-state index contributed by atoms with van der Waals surface area (Å²) in [7, 11) is 1.84. The Morgan fingerprint density at radius 1 is 1.03 bits per heavy atom. The molecule has 30 heavy (non-hydrogen) atoms. The summed E-state index contributed by atoms with van der Waals surface area (Å²) in [4.78, 5) is 6.95. The fourth-order valence-corrected chi connectivity index (χ4v) is 3.93. The summed E-state index contributed by atoms with van der Waals surface area (Å²) in [5.41, 5.74) is 1.49. The molecule has 1 fully saturated rings. The first kappa shape index (κ1) is 27.2. The number of nitrogens with zero attached hydrogens (tertiary/aromatic N) is 2. The third-order valence-corrected chi connectivity index (χ3v) is 5.70. The summed E-state index contributed by atoms with van der Waals surface area (Å²) in [5.74, 6) is 1.78. The molecule has 6 heteroatoms. The van der Waals surface area contributed by atoms with Crippen molar-refractivity contribution in [3.8, 4) is 0 Å². The van der Waals surface area contributed by atoms with E-state index in [1.54, 1.807) is 0 Å². The fourth-order valence-electron chi connectivity index (χ4n) is 3.93. The number of piperidine rings is 1. The number of aliphatic imine (C=N–C) groups is 1. The molecule has 0 amide bonds. The number of benzene rings is 1. The maximum absolute atomic E-state index is 5.36. The van der Waals surface area contributed by atoms with Gasteiger partial charge in [-0.1, -0.05) is 30.3 Å². The topological polar surface area (TPSA) is 48.9 Å². The Kier molecular flexibility index (Phi) is 16.1. The number of halogens is 1. The molecular weight excluding hydrogens is 487 g/mol. The van der Waals surface area contributed by atoms with Crippen LogP contribution in [0, 0.1) is 5.92 Å². The lowest BCUT2D eigenvalue weighted by Gasteiger charge is -2.32. The summed E-state index contributed by atoms with van der Waals surface area (Å²) in [6.07, 6.45) is 8.58. The number of hydrogen-bond acceptors (Lipinski definition) is 3. The van der Waals surface area contributed by atoms with Gasteiger partial charge in [-0.3, -0.25) is 4.99 Å². The maximum Gasteiger partial charge on any atom is 0.190 e. The van der Waals surface area contributed by atoms with Crippen molar-refractivity contribution >= 4 is 29.9 Å². The molecule has 0 unspecified atom stereocenters. The van der Waals surface area contributed by atoms with Crippen molar-refractivity contribution in [2.75, 3.05) is 53.0 Å². The minimum absolute atomic E-state index is 0. The first-order valence-electron chi connectivity index (χ1n) is 11.6.